The Kier molecular flexibility index (Phi) is 8.79. The van der Waals surface area contributed by atoms with Gasteiger partial charge in [0.1, 0.15) is 0 Å². The number of aryl methyl sites for hydroxylation is 2. The highest BCUT2D eigenvalue weighted by molar-refractivity contribution is 8.00. The molecular formula is C32H46N6O2S. The highest BCUT2D eigenvalue weighted by Crippen LogP contribution is 2.53. The summed E-state index contributed by atoms with van der Waals surface area (Å²) in [5.41, 5.74) is 2.84. The molecule has 1 saturated carbocycles. The molecule has 7 atom stereocenters. The van der Waals surface area contributed by atoms with Crippen LogP contribution in [0.2, 0.25) is 0 Å². The Labute approximate surface area is 249 Å². The molecule has 6 unspecified atom stereocenters. The number of rotatable bonds is 6. The normalized spacial score (nSPS) is 36.0. The summed E-state index contributed by atoms with van der Waals surface area (Å²) in [5, 5.41) is 17.3. The number of nitrogens with zero attached hydrogens (tertiary/aromatic N) is 4. The first-order valence-corrected chi connectivity index (χ1v) is 16.4. The molecule has 3 saturated heterocycles. The highest BCUT2D eigenvalue weighted by Gasteiger charge is 2.50. The van der Waals surface area contributed by atoms with Gasteiger partial charge in [-0.25, -0.2) is 0 Å². The fourth-order valence-electron chi connectivity index (χ4n) is 7.99. The van der Waals surface area contributed by atoms with Crippen LogP contribution in [0.1, 0.15) is 56.1 Å². The Morgan fingerprint density at radius 3 is 2.90 bits per heavy atom. The van der Waals surface area contributed by atoms with E-state index in [1.807, 2.05) is 4.90 Å². The van der Waals surface area contributed by atoms with E-state index in [9.17, 15) is 10.1 Å². The van der Waals surface area contributed by atoms with Crippen LogP contribution in [-0.2, 0) is 16.0 Å². The third-order valence-corrected chi connectivity index (χ3v) is 12.0. The van der Waals surface area contributed by atoms with Gasteiger partial charge in [0.25, 0.3) is 0 Å². The summed E-state index contributed by atoms with van der Waals surface area (Å²) in [5.74, 6) is 0.367. The maximum Gasteiger partial charge on any atom is 0.246 e. The van der Waals surface area contributed by atoms with Crippen LogP contribution in [0.25, 0.3) is 0 Å². The number of likely N-dealkylation sites (tertiary alicyclic amines) is 1. The predicted molar refractivity (Wildman–Crippen MR) is 162 cm³/mol. The maximum absolute atomic E-state index is 12.6. The van der Waals surface area contributed by atoms with Crippen molar-refractivity contribution in [1.82, 2.24) is 25.3 Å². The summed E-state index contributed by atoms with van der Waals surface area (Å²) in [4.78, 5) is 20.8. The number of hydrogen-bond acceptors (Lipinski definition) is 8. The number of carbonyl (C=O) groups excluding carboxylic acids is 1. The molecule has 0 bridgehead atoms. The van der Waals surface area contributed by atoms with Gasteiger partial charge in [-0.05, 0) is 83.2 Å². The van der Waals surface area contributed by atoms with Crippen LogP contribution in [0.5, 0.6) is 0 Å². The number of amides is 1. The number of likely N-dealkylation sites (N-methyl/N-ethyl adjacent to an activating group) is 1. The lowest BCUT2D eigenvalue weighted by molar-refractivity contribution is -0.135. The van der Waals surface area contributed by atoms with Gasteiger partial charge in [0, 0.05) is 47.3 Å². The molecule has 4 fully saturated rings. The molecule has 0 radical (unpaired) electrons. The van der Waals surface area contributed by atoms with Crippen molar-refractivity contribution >= 4 is 17.7 Å². The predicted octanol–water partition coefficient (Wildman–Crippen LogP) is 3.47. The molecule has 1 amide bonds. The van der Waals surface area contributed by atoms with Crippen LogP contribution >= 0.6 is 11.8 Å². The third kappa shape index (κ3) is 6.11. The molecular weight excluding hydrogens is 532 g/mol. The maximum atomic E-state index is 12.6. The van der Waals surface area contributed by atoms with Crippen LogP contribution in [0.4, 0.5) is 0 Å². The Balaban J connectivity index is 1.21. The lowest BCUT2D eigenvalue weighted by Gasteiger charge is -2.56. The summed E-state index contributed by atoms with van der Waals surface area (Å²) < 4.78 is 6.83. The number of nitrogens with one attached hydrogen (secondary N) is 2. The Bertz CT molecular complexity index is 1170. The lowest BCUT2D eigenvalue weighted by atomic mass is 9.73. The first-order valence-electron chi connectivity index (χ1n) is 15.5. The first-order chi connectivity index (χ1) is 19.9. The van der Waals surface area contributed by atoms with Crippen molar-refractivity contribution in [2.45, 2.75) is 98.6 Å². The third-order valence-electron chi connectivity index (χ3n) is 10.4. The van der Waals surface area contributed by atoms with E-state index in [2.05, 4.69) is 77.0 Å². The second kappa shape index (κ2) is 12.4. The molecule has 41 heavy (non-hydrogen) atoms. The number of hydrogen-bond donors (Lipinski definition) is 2. The second-order valence-corrected chi connectivity index (χ2v) is 14.4. The van der Waals surface area contributed by atoms with Gasteiger partial charge in [0.15, 0.2) is 6.35 Å². The Morgan fingerprint density at radius 1 is 1.24 bits per heavy atom. The van der Waals surface area contributed by atoms with Gasteiger partial charge < -0.3 is 14.5 Å². The van der Waals surface area contributed by atoms with E-state index in [0.717, 1.165) is 39.0 Å². The molecule has 6 rings (SSSR count). The topological polar surface area (TPSA) is 83.9 Å². The van der Waals surface area contributed by atoms with Crippen molar-refractivity contribution in [1.29, 1.82) is 5.26 Å². The summed E-state index contributed by atoms with van der Waals surface area (Å²) >= 11 is 2.12. The van der Waals surface area contributed by atoms with Gasteiger partial charge in [-0.2, -0.15) is 5.26 Å². The SMILES string of the molecule is C=CC(=O)N1CCN(C2NC(OCC3CCCN3C)NC3C[C@@]4(CCc5ccc(C)cc5S4)CCC32)CC1CC#N. The minimum absolute atomic E-state index is 0.0765. The summed E-state index contributed by atoms with van der Waals surface area (Å²) in [6.45, 7) is 9.85. The summed E-state index contributed by atoms with van der Waals surface area (Å²) in [7, 11) is 2.20. The molecule has 5 aliphatic rings. The fourth-order valence-corrected chi connectivity index (χ4v) is 9.69. The number of ether oxygens (including phenoxy) is 1. The van der Waals surface area contributed by atoms with Gasteiger partial charge in [-0.3, -0.25) is 20.3 Å². The number of benzene rings is 1. The summed E-state index contributed by atoms with van der Waals surface area (Å²) in [6, 6.07) is 9.98. The second-order valence-electron chi connectivity index (χ2n) is 12.9. The molecule has 1 aromatic rings. The number of carbonyl (C=O) groups is 1. The van der Waals surface area contributed by atoms with E-state index < -0.39 is 0 Å². The van der Waals surface area contributed by atoms with Crippen LogP contribution in [0, 0.1) is 24.2 Å². The Hall–Kier alpha value is -1.93. The van der Waals surface area contributed by atoms with Crippen LogP contribution in [0.15, 0.2) is 35.7 Å². The minimum Gasteiger partial charge on any atom is -0.348 e. The molecule has 0 aromatic heterocycles. The molecule has 4 heterocycles. The van der Waals surface area contributed by atoms with E-state index in [1.165, 1.54) is 47.8 Å². The fraction of sp³-hybridized carbons (Fsp3) is 0.688. The van der Waals surface area contributed by atoms with Gasteiger partial charge in [0.2, 0.25) is 5.91 Å². The van der Waals surface area contributed by atoms with E-state index >= 15 is 0 Å². The van der Waals surface area contributed by atoms with E-state index in [-0.39, 0.29) is 29.2 Å². The smallest absolute Gasteiger partial charge is 0.246 e. The molecule has 1 aromatic carbocycles. The van der Waals surface area contributed by atoms with E-state index in [4.69, 9.17) is 4.74 Å². The first kappa shape index (κ1) is 29.2. The van der Waals surface area contributed by atoms with Crippen LogP contribution in [0.3, 0.4) is 0 Å². The summed E-state index contributed by atoms with van der Waals surface area (Å²) in [6.07, 6.45) is 9.94. The molecule has 8 nitrogen and oxygen atoms in total. The van der Waals surface area contributed by atoms with Crippen molar-refractivity contribution in [3.05, 3.63) is 42.0 Å². The van der Waals surface area contributed by atoms with Gasteiger partial charge in [-0.15, -0.1) is 11.8 Å². The van der Waals surface area contributed by atoms with Crippen LogP contribution in [-0.4, -0.2) is 95.8 Å². The van der Waals surface area contributed by atoms with Crippen molar-refractivity contribution < 1.29 is 9.53 Å². The molecule has 222 valence electrons. The highest BCUT2D eigenvalue weighted by atomic mass is 32.2. The average Bonchev–Trinajstić information content (AvgIpc) is 3.39. The number of piperazine rings is 1. The van der Waals surface area contributed by atoms with Gasteiger partial charge >= 0.3 is 0 Å². The standard InChI is InChI=1S/C32H46N6O2S/c1-4-29(39)38-17-16-37(20-24(38)11-14-33)30-26-10-13-32(12-9-23-8-7-22(2)18-28(23)41-32)19-27(26)34-31(35-30)40-21-25-6-5-15-36(25)3/h4,7-8,18,24-27,30-31,34-35H,1,5-6,9-13,15-17,19-21H2,2-3H3/t24?,25?,26?,27?,30?,31?,32-/m1/s1. The molecule has 9 heteroatoms. The molecule has 1 spiro atoms. The van der Waals surface area contributed by atoms with Crippen LogP contribution < -0.4 is 10.6 Å². The number of thioether (sulfide) groups is 1. The zero-order valence-electron chi connectivity index (χ0n) is 24.7. The molecule has 4 aliphatic heterocycles. The van der Waals surface area contributed by atoms with E-state index in [1.54, 1.807) is 0 Å². The van der Waals surface area contributed by atoms with Crippen molar-refractivity contribution in [2.24, 2.45) is 5.92 Å². The number of fused-ring (bicyclic) bond motifs is 2. The van der Waals surface area contributed by atoms with E-state index in [0.29, 0.717) is 37.5 Å². The zero-order valence-corrected chi connectivity index (χ0v) is 25.5. The Morgan fingerprint density at radius 2 is 2.12 bits per heavy atom. The number of nitriles is 1. The average molecular weight is 579 g/mol. The largest absolute Gasteiger partial charge is 0.348 e. The van der Waals surface area contributed by atoms with Gasteiger partial charge in [0.05, 0.1) is 31.3 Å². The zero-order chi connectivity index (χ0) is 28.6. The van der Waals surface area contributed by atoms with Crippen molar-refractivity contribution in [3.63, 3.8) is 0 Å². The monoisotopic (exact) mass is 578 g/mol. The quantitative estimate of drug-likeness (QED) is 0.497. The van der Waals surface area contributed by atoms with Crippen molar-refractivity contribution in [3.8, 4) is 6.07 Å². The minimum atomic E-state index is -0.212. The van der Waals surface area contributed by atoms with Crippen molar-refractivity contribution in [2.75, 3.05) is 39.8 Å². The molecule has 1 aliphatic carbocycles. The van der Waals surface area contributed by atoms with Gasteiger partial charge in [-0.1, -0.05) is 24.3 Å². The lowest BCUT2D eigenvalue weighted by Crippen LogP contribution is -2.72. The molecule has 2 N–H and O–H groups in total.